The van der Waals surface area contributed by atoms with Gasteiger partial charge in [0.15, 0.2) is 11.5 Å². The lowest BCUT2D eigenvalue weighted by atomic mass is 9.81. The van der Waals surface area contributed by atoms with E-state index in [0.29, 0.717) is 11.1 Å². The predicted molar refractivity (Wildman–Crippen MR) is 134 cm³/mol. The Kier molecular flexibility index (Phi) is 10.2. The number of para-hydroxylation sites is 2. The monoisotopic (exact) mass is 544 g/mol. The summed E-state index contributed by atoms with van der Waals surface area (Å²) in [7, 11) is -4.01. The Bertz CT molecular complexity index is 1000. The first-order chi connectivity index (χ1) is 15.8. The summed E-state index contributed by atoms with van der Waals surface area (Å²) in [5.41, 5.74) is -0.187. The lowest BCUT2D eigenvalue weighted by Gasteiger charge is -2.25. The number of hydrogen-bond acceptors (Lipinski definition) is 8. The molecule has 182 valence electrons. The van der Waals surface area contributed by atoms with Gasteiger partial charge in [-0.15, -0.1) is 9.79 Å². The summed E-state index contributed by atoms with van der Waals surface area (Å²) in [5, 5.41) is -0.462. The van der Waals surface area contributed by atoms with Crippen molar-refractivity contribution in [3.8, 4) is 11.5 Å². The first-order valence-electron chi connectivity index (χ1n) is 10.1. The zero-order valence-electron chi connectivity index (χ0n) is 19.1. The molecule has 0 heterocycles. The fraction of sp³-hybridized carbons (Fsp3) is 0.364. The molecule has 2 atom stereocenters. The summed E-state index contributed by atoms with van der Waals surface area (Å²) in [5.74, 6) is 0.454. The van der Waals surface area contributed by atoms with Crippen LogP contribution in [-0.4, -0.2) is 20.0 Å². The molecular weight excluding hydrogens is 518 g/mol. The van der Waals surface area contributed by atoms with E-state index in [1.165, 1.54) is 0 Å². The zero-order chi connectivity index (χ0) is 25.5. The highest BCUT2D eigenvalue weighted by molar-refractivity contribution is 8.87. The van der Waals surface area contributed by atoms with Gasteiger partial charge in [0.1, 0.15) is 0 Å². The molecule has 0 bridgehead atoms. The molecule has 2 aromatic rings. The largest absolute Gasteiger partial charge is 0.747 e. The Balaban J connectivity index is 2.01. The van der Waals surface area contributed by atoms with Crippen molar-refractivity contribution < 1.29 is 37.6 Å². The van der Waals surface area contributed by atoms with E-state index in [9.17, 15) is 18.7 Å². The minimum Gasteiger partial charge on any atom is -0.286 e. The molecule has 2 unspecified atom stereocenters. The molecule has 0 saturated carbocycles. The van der Waals surface area contributed by atoms with Crippen LogP contribution in [0, 0.1) is 0 Å². The topological polar surface area (TPSA) is 127 Å². The van der Waals surface area contributed by atoms with Crippen molar-refractivity contribution in [1.82, 2.24) is 0 Å². The van der Waals surface area contributed by atoms with Crippen LogP contribution >= 0.6 is 38.1 Å². The molecule has 0 radical (unpaired) electrons. The number of carbonyl (C=O) groups excluding carboxylic acids is 2. The van der Waals surface area contributed by atoms with Crippen molar-refractivity contribution in [2.45, 2.75) is 51.4 Å². The highest BCUT2D eigenvalue weighted by Gasteiger charge is 2.33. The van der Waals surface area contributed by atoms with Crippen molar-refractivity contribution in [3.63, 3.8) is 0 Å². The second-order valence-electron chi connectivity index (χ2n) is 8.68. The minimum atomic E-state index is -2.84. The second kappa shape index (κ2) is 12.2. The molecule has 0 aliphatic heterocycles. The molecule has 0 saturated heterocycles. The summed E-state index contributed by atoms with van der Waals surface area (Å²) < 4.78 is 32.2. The summed E-state index contributed by atoms with van der Waals surface area (Å²) >= 11 is 0. The predicted octanol–water partition coefficient (Wildman–Crippen LogP) is 6.21. The summed E-state index contributed by atoms with van der Waals surface area (Å²) in [6.07, 6.45) is 0.147. The molecule has 0 amide bonds. The number of rotatable bonds is 10. The van der Waals surface area contributed by atoms with Crippen LogP contribution in [-0.2, 0) is 29.5 Å². The van der Waals surface area contributed by atoms with Crippen molar-refractivity contribution in [2.75, 3.05) is 0 Å². The highest BCUT2D eigenvalue weighted by Crippen LogP contribution is 2.42. The van der Waals surface area contributed by atoms with Crippen LogP contribution in [0.4, 0.5) is 0 Å². The first kappa shape index (κ1) is 28.4. The molecule has 2 rings (SSSR count). The van der Waals surface area contributed by atoms with Crippen molar-refractivity contribution >= 4 is 48.3 Å². The second-order valence-corrected chi connectivity index (χ2v) is 12.2. The third-order valence-corrected chi connectivity index (χ3v) is 7.80. The van der Waals surface area contributed by atoms with Gasteiger partial charge in [0.2, 0.25) is 10.2 Å². The maximum atomic E-state index is 12.6. The molecule has 8 nitrogen and oxygen atoms in total. The van der Waals surface area contributed by atoms with E-state index >= 15 is 0 Å². The Morgan fingerprint density at radius 2 is 1.06 bits per heavy atom. The van der Waals surface area contributed by atoms with Crippen molar-refractivity contribution in [3.05, 3.63) is 59.7 Å². The molecule has 0 spiro atoms. The molecule has 12 heteroatoms. The normalized spacial score (nSPS) is 12.6. The van der Waals surface area contributed by atoms with Gasteiger partial charge in [0.05, 0.1) is 0 Å². The lowest BCUT2D eigenvalue weighted by molar-refractivity contribution is -0.113. The Morgan fingerprint density at radius 1 is 0.735 bits per heavy atom. The van der Waals surface area contributed by atoms with E-state index in [0.717, 1.165) is 21.6 Å². The minimum absolute atomic E-state index is 0.0736. The molecular formula is C22H26O8P2S2+2. The smallest absolute Gasteiger partial charge is 0.286 e. The van der Waals surface area contributed by atoms with Gasteiger partial charge >= 0.3 is 16.5 Å². The van der Waals surface area contributed by atoms with E-state index in [2.05, 4.69) is 0 Å². The van der Waals surface area contributed by atoms with Gasteiger partial charge in [0, 0.05) is 43.9 Å². The lowest BCUT2D eigenvalue weighted by Crippen LogP contribution is -2.22. The summed E-state index contributed by atoms with van der Waals surface area (Å²) in [6, 6.07) is 13.4. The Morgan fingerprint density at radius 3 is 1.38 bits per heavy atom. The van der Waals surface area contributed by atoms with Gasteiger partial charge in [-0.05, 0) is 33.7 Å². The maximum Gasteiger partial charge on any atom is 0.747 e. The van der Waals surface area contributed by atoms with E-state index in [4.69, 9.17) is 18.8 Å². The van der Waals surface area contributed by atoms with Gasteiger partial charge in [-0.3, -0.25) is 9.59 Å². The average molecular weight is 545 g/mol. The number of benzene rings is 2. The third-order valence-electron chi connectivity index (χ3n) is 4.99. The van der Waals surface area contributed by atoms with Crippen LogP contribution in [0.2, 0.25) is 0 Å². The van der Waals surface area contributed by atoms with Gasteiger partial charge in [-0.1, -0.05) is 64.1 Å². The van der Waals surface area contributed by atoms with Gasteiger partial charge in [0.25, 0.3) is 0 Å². The summed E-state index contributed by atoms with van der Waals surface area (Å²) in [4.78, 5) is 43.5. The Labute approximate surface area is 208 Å². The van der Waals surface area contributed by atoms with Gasteiger partial charge in [-0.2, -0.15) is 0 Å². The van der Waals surface area contributed by atoms with Crippen LogP contribution in [0.15, 0.2) is 48.5 Å². The molecule has 0 aliphatic rings. The van der Waals surface area contributed by atoms with Gasteiger partial charge < -0.3 is 0 Å². The average Bonchev–Trinajstić information content (AvgIpc) is 2.71. The quantitative estimate of drug-likeness (QED) is 0.263. The van der Waals surface area contributed by atoms with Crippen LogP contribution in [0.25, 0.3) is 0 Å². The number of carbonyl (C=O) groups is 2. The highest BCUT2D eigenvalue weighted by atomic mass is 33.1. The molecule has 2 N–H and O–H groups in total. The standard InChI is InChI=1S/C22H24O8P2S2/c1-21(2,15-9-5-7-11-17(15)29-31(25)26)13-19(23)33-34-20(24)14-22(3,4)16-10-6-8-12-18(16)30-32(27)28/h5-12H,13-14H2,1-4H3/p+2. The van der Waals surface area contributed by atoms with Crippen LogP contribution in [0.5, 0.6) is 11.5 Å². The van der Waals surface area contributed by atoms with Crippen LogP contribution < -0.4 is 9.05 Å². The SMILES string of the molecule is CC(C)(CC(=O)SSC(=O)CC(C)(C)c1ccccc1O[P+](=O)O)c1ccccc1O[P+](=O)O. The van der Waals surface area contributed by atoms with Crippen LogP contribution in [0.3, 0.4) is 0 Å². The Hall–Kier alpha value is -1.80. The third kappa shape index (κ3) is 8.45. The van der Waals surface area contributed by atoms with E-state index in [-0.39, 0.29) is 34.6 Å². The fourth-order valence-electron chi connectivity index (χ4n) is 3.44. The molecule has 0 fully saturated rings. The van der Waals surface area contributed by atoms with E-state index in [1.807, 2.05) is 27.7 Å². The van der Waals surface area contributed by atoms with Crippen molar-refractivity contribution in [2.24, 2.45) is 0 Å². The van der Waals surface area contributed by atoms with Crippen molar-refractivity contribution in [1.29, 1.82) is 0 Å². The van der Waals surface area contributed by atoms with Gasteiger partial charge in [-0.25, -0.2) is 9.05 Å². The summed E-state index contributed by atoms with van der Waals surface area (Å²) in [6.45, 7) is 7.26. The van der Waals surface area contributed by atoms with E-state index in [1.54, 1.807) is 48.5 Å². The molecule has 0 aromatic heterocycles. The first-order valence-corrected chi connectivity index (χ1v) is 14.5. The fourth-order valence-corrected chi connectivity index (χ4v) is 6.03. The zero-order valence-corrected chi connectivity index (χ0v) is 22.5. The molecule has 2 aromatic carbocycles. The van der Waals surface area contributed by atoms with Crippen LogP contribution in [0.1, 0.15) is 51.7 Å². The number of hydrogen-bond donors (Lipinski definition) is 2. The van der Waals surface area contributed by atoms with E-state index < -0.39 is 27.3 Å². The molecule has 0 aliphatic carbocycles. The molecule has 34 heavy (non-hydrogen) atoms. The maximum absolute atomic E-state index is 12.6.